The summed E-state index contributed by atoms with van der Waals surface area (Å²) in [6.07, 6.45) is -0.652. The minimum atomic E-state index is -0.711. The first-order valence-electron chi connectivity index (χ1n) is 8.04. The second kappa shape index (κ2) is 7.36. The number of aromatic amines is 1. The van der Waals surface area contributed by atoms with E-state index in [0.717, 1.165) is 6.07 Å². The lowest BCUT2D eigenvalue weighted by Crippen LogP contribution is -2.12. The molecule has 0 bridgehead atoms. The number of ether oxygens (including phenoxy) is 2. The van der Waals surface area contributed by atoms with Crippen LogP contribution in [0.1, 0.15) is 34.8 Å². The largest absolute Gasteiger partial charge is 0.483 e. The maximum atomic E-state index is 14.3. The van der Waals surface area contributed by atoms with Gasteiger partial charge in [-0.15, -0.1) is 0 Å². The Labute approximate surface area is 158 Å². The topological polar surface area (TPSA) is 81.3 Å². The van der Waals surface area contributed by atoms with Gasteiger partial charge in [0.1, 0.15) is 11.9 Å². The average molecular weight is 391 g/mol. The molecule has 0 saturated heterocycles. The molecule has 1 atom stereocenters. The van der Waals surface area contributed by atoms with Crippen LogP contribution in [0.3, 0.4) is 0 Å². The third kappa shape index (κ3) is 3.78. The molecule has 2 aromatic carbocycles. The molecular formula is C19H16ClFN2O4. The molecule has 3 aromatic rings. The Hall–Kier alpha value is -2.93. The van der Waals surface area contributed by atoms with Crippen LogP contribution in [0, 0.1) is 12.7 Å². The summed E-state index contributed by atoms with van der Waals surface area (Å²) in [5, 5.41) is 0.705. The Bertz CT molecular complexity index is 1100. The van der Waals surface area contributed by atoms with Crippen molar-refractivity contribution in [2.45, 2.75) is 20.0 Å². The van der Waals surface area contributed by atoms with Gasteiger partial charge in [0.05, 0.1) is 23.6 Å². The third-order valence-corrected chi connectivity index (χ3v) is 4.36. The summed E-state index contributed by atoms with van der Waals surface area (Å²) in [5.41, 5.74) is 0.755. The molecule has 3 rings (SSSR count). The van der Waals surface area contributed by atoms with Crippen molar-refractivity contribution in [3.63, 3.8) is 0 Å². The summed E-state index contributed by atoms with van der Waals surface area (Å²) in [6.45, 7) is 3.35. The quantitative estimate of drug-likeness (QED) is 0.682. The number of aryl methyl sites for hydroxylation is 1. The van der Waals surface area contributed by atoms with E-state index in [1.165, 1.54) is 19.2 Å². The van der Waals surface area contributed by atoms with Gasteiger partial charge in [0, 0.05) is 10.6 Å². The van der Waals surface area contributed by atoms with Crippen molar-refractivity contribution in [2.24, 2.45) is 0 Å². The number of methoxy groups -OCH3 is 1. The molecule has 27 heavy (non-hydrogen) atoms. The fraction of sp³-hybridized carbons (Fsp3) is 0.211. The monoisotopic (exact) mass is 390 g/mol. The van der Waals surface area contributed by atoms with Crippen molar-refractivity contribution in [3.05, 3.63) is 68.5 Å². The SMILES string of the molecule is COC(=O)c1ccc(OC(C)c2cc3c(=O)[nH]c(C)nc3cc2Cl)c(F)c1. The van der Waals surface area contributed by atoms with Crippen molar-refractivity contribution in [1.29, 1.82) is 0 Å². The van der Waals surface area contributed by atoms with Crippen LogP contribution in [0.25, 0.3) is 10.9 Å². The van der Waals surface area contributed by atoms with Crippen molar-refractivity contribution < 1.29 is 18.7 Å². The highest BCUT2D eigenvalue weighted by molar-refractivity contribution is 6.32. The molecular weight excluding hydrogens is 375 g/mol. The van der Waals surface area contributed by atoms with E-state index in [9.17, 15) is 14.0 Å². The number of rotatable bonds is 4. The van der Waals surface area contributed by atoms with E-state index in [2.05, 4.69) is 14.7 Å². The number of carbonyl (C=O) groups is 1. The molecule has 6 nitrogen and oxygen atoms in total. The minimum absolute atomic E-state index is 0.0535. The molecule has 0 fully saturated rings. The highest BCUT2D eigenvalue weighted by Crippen LogP contribution is 2.31. The fourth-order valence-electron chi connectivity index (χ4n) is 2.70. The van der Waals surface area contributed by atoms with Crippen LogP contribution < -0.4 is 10.3 Å². The standard InChI is InChI=1S/C19H16ClFN2O4/c1-9(27-17-5-4-11(6-15(17)21)19(25)26-3)12-7-13-16(8-14(12)20)22-10(2)23-18(13)24/h4-9H,1-3H3,(H,22,23,24). The number of nitrogens with one attached hydrogen (secondary N) is 1. The van der Waals surface area contributed by atoms with E-state index in [1.54, 1.807) is 26.0 Å². The number of benzene rings is 2. The van der Waals surface area contributed by atoms with Gasteiger partial charge in [-0.05, 0) is 44.2 Å². The highest BCUT2D eigenvalue weighted by atomic mass is 35.5. The lowest BCUT2D eigenvalue weighted by Gasteiger charge is -2.17. The van der Waals surface area contributed by atoms with Crippen molar-refractivity contribution in [3.8, 4) is 5.75 Å². The molecule has 1 unspecified atom stereocenters. The second-order valence-electron chi connectivity index (χ2n) is 5.94. The molecule has 0 saturated carbocycles. The molecule has 8 heteroatoms. The highest BCUT2D eigenvalue weighted by Gasteiger charge is 2.18. The van der Waals surface area contributed by atoms with E-state index >= 15 is 0 Å². The van der Waals surface area contributed by atoms with Crippen molar-refractivity contribution in [1.82, 2.24) is 9.97 Å². The zero-order chi connectivity index (χ0) is 19.7. The lowest BCUT2D eigenvalue weighted by atomic mass is 10.1. The van der Waals surface area contributed by atoms with Crippen LogP contribution >= 0.6 is 11.6 Å². The predicted molar refractivity (Wildman–Crippen MR) is 98.9 cm³/mol. The van der Waals surface area contributed by atoms with Crippen LogP contribution in [0.15, 0.2) is 35.1 Å². The molecule has 0 aliphatic heterocycles. The Morgan fingerprint density at radius 2 is 2.04 bits per heavy atom. The van der Waals surface area contributed by atoms with Crippen LogP contribution in [0.4, 0.5) is 4.39 Å². The molecule has 1 N–H and O–H groups in total. The number of fused-ring (bicyclic) bond motifs is 1. The first-order chi connectivity index (χ1) is 12.8. The number of aromatic nitrogens is 2. The Morgan fingerprint density at radius 1 is 1.30 bits per heavy atom. The molecule has 0 aliphatic carbocycles. The van der Waals surface area contributed by atoms with Gasteiger partial charge in [0.15, 0.2) is 11.6 Å². The maximum Gasteiger partial charge on any atom is 0.337 e. The van der Waals surface area contributed by atoms with Crippen LogP contribution in [-0.2, 0) is 4.74 Å². The number of hydrogen-bond acceptors (Lipinski definition) is 5. The third-order valence-electron chi connectivity index (χ3n) is 4.04. The van der Waals surface area contributed by atoms with Gasteiger partial charge in [0.25, 0.3) is 5.56 Å². The van der Waals surface area contributed by atoms with E-state index < -0.39 is 17.9 Å². The summed E-state index contributed by atoms with van der Waals surface area (Å²) < 4.78 is 24.5. The number of esters is 1. The second-order valence-corrected chi connectivity index (χ2v) is 6.35. The fourth-order valence-corrected chi connectivity index (χ4v) is 3.01. The van der Waals surface area contributed by atoms with Gasteiger partial charge in [-0.3, -0.25) is 4.79 Å². The summed E-state index contributed by atoms with van der Waals surface area (Å²) >= 11 is 6.31. The van der Waals surface area contributed by atoms with E-state index in [1.807, 2.05) is 0 Å². The Balaban J connectivity index is 1.94. The maximum absolute atomic E-state index is 14.3. The zero-order valence-electron chi connectivity index (χ0n) is 14.8. The number of nitrogens with zero attached hydrogens (tertiary/aromatic N) is 1. The molecule has 1 aromatic heterocycles. The molecule has 0 amide bonds. The Morgan fingerprint density at radius 3 is 2.70 bits per heavy atom. The minimum Gasteiger partial charge on any atom is -0.483 e. The molecule has 1 heterocycles. The van der Waals surface area contributed by atoms with Crippen LogP contribution in [0.5, 0.6) is 5.75 Å². The first kappa shape index (κ1) is 18.8. The molecule has 0 radical (unpaired) electrons. The summed E-state index contributed by atoms with van der Waals surface area (Å²) in [5.74, 6) is -0.930. The van der Waals surface area contributed by atoms with E-state index in [0.29, 0.717) is 27.3 Å². The van der Waals surface area contributed by atoms with Gasteiger partial charge in [-0.1, -0.05) is 11.6 Å². The Kier molecular flexibility index (Phi) is 5.14. The van der Waals surface area contributed by atoms with Gasteiger partial charge in [-0.2, -0.15) is 0 Å². The summed E-state index contributed by atoms with van der Waals surface area (Å²) in [6, 6.07) is 6.92. The number of hydrogen-bond donors (Lipinski definition) is 1. The van der Waals surface area contributed by atoms with Crippen LogP contribution in [0.2, 0.25) is 5.02 Å². The van der Waals surface area contributed by atoms with Gasteiger partial charge in [-0.25, -0.2) is 14.2 Å². The van der Waals surface area contributed by atoms with Crippen LogP contribution in [-0.4, -0.2) is 23.0 Å². The number of H-pyrrole nitrogens is 1. The zero-order valence-corrected chi connectivity index (χ0v) is 15.6. The van der Waals surface area contributed by atoms with Gasteiger partial charge in [0.2, 0.25) is 0 Å². The van der Waals surface area contributed by atoms with Crippen molar-refractivity contribution in [2.75, 3.05) is 7.11 Å². The van der Waals surface area contributed by atoms with Gasteiger partial charge >= 0.3 is 5.97 Å². The molecule has 0 aliphatic rings. The normalized spacial score (nSPS) is 12.0. The predicted octanol–water partition coefficient (Wildman–Crippen LogP) is 3.95. The first-order valence-corrected chi connectivity index (χ1v) is 8.42. The molecule has 0 spiro atoms. The summed E-state index contributed by atoms with van der Waals surface area (Å²) in [4.78, 5) is 30.5. The number of carbonyl (C=O) groups excluding carboxylic acids is 1. The van der Waals surface area contributed by atoms with E-state index in [4.69, 9.17) is 16.3 Å². The smallest absolute Gasteiger partial charge is 0.337 e. The van der Waals surface area contributed by atoms with Gasteiger partial charge < -0.3 is 14.5 Å². The summed E-state index contributed by atoms with van der Waals surface area (Å²) in [7, 11) is 1.21. The van der Waals surface area contributed by atoms with E-state index in [-0.39, 0.29) is 16.9 Å². The average Bonchev–Trinajstić information content (AvgIpc) is 2.61. The van der Waals surface area contributed by atoms with Crippen molar-refractivity contribution >= 4 is 28.5 Å². The lowest BCUT2D eigenvalue weighted by molar-refractivity contribution is 0.0600. The molecule has 140 valence electrons. The number of halogens is 2.